The van der Waals surface area contributed by atoms with E-state index in [2.05, 4.69) is 5.32 Å². The summed E-state index contributed by atoms with van der Waals surface area (Å²) in [5, 5.41) is 2.57. The van der Waals surface area contributed by atoms with Crippen molar-refractivity contribution in [3.8, 4) is 11.1 Å². The predicted octanol–water partition coefficient (Wildman–Crippen LogP) is 4.81. The van der Waals surface area contributed by atoms with Gasteiger partial charge in [0, 0.05) is 11.3 Å². The fourth-order valence-corrected chi connectivity index (χ4v) is 2.88. The number of nitrogens with two attached hydrogens (primary N) is 1. The molecule has 0 bridgehead atoms. The first kappa shape index (κ1) is 18.6. The number of anilines is 1. The van der Waals surface area contributed by atoms with Crippen molar-refractivity contribution in [1.29, 1.82) is 0 Å². The molecule has 0 spiro atoms. The quantitative estimate of drug-likeness (QED) is 0.679. The van der Waals surface area contributed by atoms with E-state index in [1.54, 1.807) is 36.4 Å². The number of nitrogens with one attached hydrogen (secondary N) is 1. The minimum atomic E-state index is -0.758. The number of amides is 2. The van der Waals surface area contributed by atoms with Crippen LogP contribution in [-0.4, -0.2) is 11.8 Å². The normalized spacial score (nSPS) is 10.5. The summed E-state index contributed by atoms with van der Waals surface area (Å²) in [5.41, 5.74) is 8.78. The van der Waals surface area contributed by atoms with E-state index >= 15 is 0 Å². The molecule has 0 unspecified atom stereocenters. The number of benzene rings is 3. The molecule has 6 heteroatoms. The lowest BCUT2D eigenvalue weighted by Crippen LogP contribution is -2.14. The van der Waals surface area contributed by atoms with Gasteiger partial charge in [0.2, 0.25) is 5.91 Å². The molecule has 3 aromatic rings. The maximum Gasteiger partial charge on any atom is 0.258 e. The number of aryl methyl sites for hydroxylation is 1. The second-order valence-corrected chi connectivity index (χ2v) is 6.43. The van der Waals surface area contributed by atoms with Gasteiger partial charge < -0.3 is 11.1 Å². The first-order chi connectivity index (χ1) is 12.9. The van der Waals surface area contributed by atoms with Crippen LogP contribution in [0.5, 0.6) is 0 Å². The van der Waals surface area contributed by atoms with E-state index in [-0.39, 0.29) is 10.6 Å². The third kappa shape index (κ3) is 3.99. The molecule has 0 saturated heterocycles. The molecule has 136 valence electrons. The molecule has 3 rings (SSSR count). The Bertz CT molecular complexity index is 1030. The topological polar surface area (TPSA) is 72.2 Å². The Balaban J connectivity index is 1.90. The van der Waals surface area contributed by atoms with E-state index in [1.807, 2.05) is 13.0 Å². The van der Waals surface area contributed by atoms with Gasteiger partial charge in [0.25, 0.3) is 5.91 Å². The number of rotatable bonds is 4. The molecule has 0 aliphatic carbocycles. The highest BCUT2D eigenvalue weighted by Crippen LogP contribution is 2.27. The smallest absolute Gasteiger partial charge is 0.258 e. The fourth-order valence-electron chi connectivity index (χ4n) is 2.70. The summed E-state index contributed by atoms with van der Waals surface area (Å²) in [4.78, 5) is 23.6. The molecular weight excluding hydrogens is 367 g/mol. The summed E-state index contributed by atoms with van der Waals surface area (Å²) < 4.78 is 14.0. The van der Waals surface area contributed by atoms with Crippen molar-refractivity contribution in [2.45, 2.75) is 6.92 Å². The van der Waals surface area contributed by atoms with Crippen molar-refractivity contribution >= 4 is 29.1 Å². The summed E-state index contributed by atoms with van der Waals surface area (Å²) in [6.45, 7) is 1.93. The summed E-state index contributed by atoms with van der Waals surface area (Å²) in [7, 11) is 0. The lowest BCUT2D eigenvalue weighted by atomic mass is 9.98. The molecule has 4 nitrogen and oxygen atoms in total. The van der Waals surface area contributed by atoms with Gasteiger partial charge in [0.05, 0.1) is 10.6 Å². The Hall–Kier alpha value is -3.18. The Labute approximate surface area is 160 Å². The summed E-state index contributed by atoms with van der Waals surface area (Å²) in [6.07, 6.45) is 0. The standard InChI is InChI=1S/C21H16ClFN2O2/c1-12-5-10-15(25-21(27)16-3-2-4-18(22)19(16)23)11-17(12)13-6-8-14(9-7-13)20(24)26/h2-11H,1H3,(H2,24,26)(H,25,27). The number of carbonyl (C=O) groups is 2. The highest BCUT2D eigenvalue weighted by molar-refractivity contribution is 6.31. The molecule has 0 fully saturated rings. The van der Waals surface area contributed by atoms with Crippen LogP contribution in [0.25, 0.3) is 11.1 Å². The van der Waals surface area contributed by atoms with Crippen molar-refractivity contribution in [2.24, 2.45) is 5.73 Å². The van der Waals surface area contributed by atoms with Gasteiger partial charge in [-0.2, -0.15) is 0 Å². The molecule has 0 heterocycles. The SMILES string of the molecule is Cc1ccc(NC(=O)c2cccc(Cl)c2F)cc1-c1ccc(C(N)=O)cc1. The zero-order valence-corrected chi connectivity index (χ0v) is 15.2. The van der Waals surface area contributed by atoms with Crippen LogP contribution in [0.4, 0.5) is 10.1 Å². The highest BCUT2D eigenvalue weighted by atomic mass is 35.5. The Kier molecular flexibility index (Phi) is 5.23. The van der Waals surface area contributed by atoms with Crippen LogP contribution >= 0.6 is 11.6 Å². The van der Waals surface area contributed by atoms with Crippen LogP contribution in [0.2, 0.25) is 5.02 Å². The third-order valence-corrected chi connectivity index (χ3v) is 4.46. The van der Waals surface area contributed by atoms with Crippen molar-refractivity contribution < 1.29 is 14.0 Å². The molecule has 0 radical (unpaired) electrons. The molecular formula is C21H16ClFN2O2. The zero-order chi connectivity index (χ0) is 19.6. The Morgan fingerprint density at radius 2 is 1.74 bits per heavy atom. The number of halogens is 2. The molecule has 0 aliphatic heterocycles. The maximum atomic E-state index is 14.0. The molecule has 27 heavy (non-hydrogen) atoms. The highest BCUT2D eigenvalue weighted by Gasteiger charge is 2.15. The van der Waals surface area contributed by atoms with Crippen molar-refractivity contribution in [2.75, 3.05) is 5.32 Å². The van der Waals surface area contributed by atoms with Gasteiger partial charge in [-0.1, -0.05) is 35.9 Å². The summed E-state index contributed by atoms with van der Waals surface area (Å²) >= 11 is 5.73. The van der Waals surface area contributed by atoms with Crippen molar-refractivity contribution in [1.82, 2.24) is 0 Å². The van der Waals surface area contributed by atoms with Crippen molar-refractivity contribution in [3.05, 3.63) is 88.2 Å². The lowest BCUT2D eigenvalue weighted by molar-refractivity contribution is 0.0997. The van der Waals surface area contributed by atoms with Gasteiger partial charge in [-0.25, -0.2) is 4.39 Å². The first-order valence-electron chi connectivity index (χ1n) is 8.13. The van der Waals surface area contributed by atoms with Crippen LogP contribution in [-0.2, 0) is 0 Å². The minimum Gasteiger partial charge on any atom is -0.366 e. The molecule has 0 atom stereocenters. The van der Waals surface area contributed by atoms with Crippen LogP contribution < -0.4 is 11.1 Å². The number of carbonyl (C=O) groups excluding carboxylic acids is 2. The van der Waals surface area contributed by atoms with Crippen molar-refractivity contribution in [3.63, 3.8) is 0 Å². The van der Waals surface area contributed by atoms with E-state index in [0.717, 1.165) is 16.7 Å². The predicted molar refractivity (Wildman–Crippen MR) is 104 cm³/mol. The minimum absolute atomic E-state index is 0.109. The van der Waals surface area contributed by atoms with Crippen LogP contribution in [0.3, 0.4) is 0 Å². The molecule has 0 saturated carbocycles. The zero-order valence-electron chi connectivity index (χ0n) is 14.4. The van der Waals surface area contributed by atoms with Crippen LogP contribution in [0.15, 0.2) is 60.7 Å². The molecule has 0 aliphatic rings. The van der Waals surface area contributed by atoms with E-state index in [4.69, 9.17) is 17.3 Å². The third-order valence-electron chi connectivity index (χ3n) is 4.17. The van der Waals surface area contributed by atoms with Gasteiger partial charge in [-0.3, -0.25) is 9.59 Å². The van der Waals surface area contributed by atoms with Crippen LogP contribution in [0.1, 0.15) is 26.3 Å². The lowest BCUT2D eigenvalue weighted by Gasteiger charge is -2.11. The number of hydrogen-bond acceptors (Lipinski definition) is 2. The van der Waals surface area contributed by atoms with E-state index in [0.29, 0.717) is 11.3 Å². The van der Waals surface area contributed by atoms with E-state index < -0.39 is 17.6 Å². The second-order valence-electron chi connectivity index (χ2n) is 6.03. The largest absolute Gasteiger partial charge is 0.366 e. The van der Waals surface area contributed by atoms with Gasteiger partial charge in [-0.15, -0.1) is 0 Å². The monoisotopic (exact) mass is 382 g/mol. The average molecular weight is 383 g/mol. The maximum absolute atomic E-state index is 14.0. The van der Waals surface area contributed by atoms with Crippen LogP contribution in [0, 0.1) is 12.7 Å². The average Bonchev–Trinajstić information content (AvgIpc) is 2.65. The summed E-state index contributed by atoms with van der Waals surface area (Å²) in [5.74, 6) is -1.84. The number of hydrogen-bond donors (Lipinski definition) is 2. The molecule has 3 aromatic carbocycles. The van der Waals surface area contributed by atoms with E-state index in [9.17, 15) is 14.0 Å². The number of primary amides is 1. The Morgan fingerprint density at radius 3 is 2.41 bits per heavy atom. The Morgan fingerprint density at radius 1 is 1.04 bits per heavy atom. The van der Waals surface area contributed by atoms with Gasteiger partial charge >= 0.3 is 0 Å². The molecule has 2 amide bonds. The fraction of sp³-hybridized carbons (Fsp3) is 0.0476. The second kappa shape index (κ2) is 7.60. The first-order valence-corrected chi connectivity index (χ1v) is 8.51. The molecule has 3 N–H and O–H groups in total. The van der Waals surface area contributed by atoms with Gasteiger partial charge in [-0.05, 0) is 60.0 Å². The van der Waals surface area contributed by atoms with Gasteiger partial charge in [0.15, 0.2) is 5.82 Å². The summed E-state index contributed by atoms with van der Waals surface area (Å²) in [6, 6.07) is 16.5. The van der Waals surface area contributed by atoms with Gasteiger partial charge in [0.1, 0.15) is 0 Å². The molecule has 0 aromatic heterocycles. The van der Waals surface area contributed by atoms with E-state index in [1.165, 1.54) is 18.2 Å².